The van der Waals surface area contributed by atoms with Gasteiger partial charge in [-0.05, 0) is 20.0 Å². The zero-order valence-electron chi connectivity index (χ0n) is 7.35. The third kappa shape index (κ3) is 2.44. The Morgan fingerprint density at radius 3 is 3.00 bits per heavy atom. The van der Waals surface area contributed by atoms with Crippen LogP contribution in [-0.4, -0.2) is 44.2 Å². The van der Waals surface area contributed by atoms with Crippen LogP contribution in [0.4, 0.5) is 4.39 Å². The van der Waals surface area contributed by atoms with Crippen molar-refractivity contribution in [2.75, 3.05) is 33.4 Å². The fourth-order valence-electron chi connectivity index (χ4n) is 1.46. The second kappa shape index (κ2) is 4.40. The van der Waals surface area contributed by atoms with Crippen LogP contribution in [0, 0.1) is 5.92 Å². The van der Waals surface area contributed by atoms with Gasteiger partial charge in [0.25, 0.3) is 0 Å². The number of carbonyl (C=O) groups is 1. The van der Waals surface area contributed by atoms with Gasteiger partial charge in [0.2, 0.25) is 5.91 Å². The quantitative estimate of drug-likeness (QED) is 0.654. The van der Waals surface area contributed by atoms with Gasteiger partial charge in [-0.25, -0.2) is 4.39 Å². The Labute approximate surface area is 71.9 Å². The third-order valence-corrected chi connectivity index (χ3v) is 2.16. The highest BCUT2D eigenvalue weighted by Crippen LogP contribution is 2.13. The van der Waals surface area contributed by atoms with Crippen LogP contribution >= 0.6 is 0 Å². The van der Waals surface area contributed by atoms with Crippen molar-refractivity contribution in [2.24, 2.45) is 5.92 Å². The van der Waals surface area contributed by atoms with Crippen LogP contribution in [0.2, 0.25) is 0 Å². The molecule has 1 heterocycles. The van der Waals surface area contributed by atoms with Crippen molar-refractivity contribution in [3.63, 3.8) is 0 Å². The third-order valence-electron chi connectivity index (χ3n) is 2.16. The minimum atomic E-state index is -0.478. The Hall–Kier alpha value is -0.640. The molecular formula is C8H15FN2O. The highest BCUT2D eigenvalue weighted by molar-refractivity contribution is 5.79. The number of likely N-dealkylation sites (tertiary alicyclic amines) is 1. The molecule has 1 N–H and O–H groups in total. The first kappa shape index (κ1) is 9.45. The van der Waals surface area contributed by atoms with E-state index < -0.39 is 6.67 Å². The van der Waals surface area contributed by atoms with E-state index in [0.29, 0.717) is 0 Å². The number of nitrogens with zero attached hydrogens (tertiary/aromatic N) is 1. The van der Waals surface area contributed by atoms with Gasteiger partial charge in [0.15, 0.2) is 0 Å². The predicted molar refractivity (Wildman–Crippen MR) is 44.6 cm³/mol. The molecule has 0 aromatic rings. The molecule has 0 aromatic heterocycles. The summed E-state index contributed by atoms with van der Waals surface area (Å²) in [6, 6.07) is 0. The van der Waals surface area contributed by atoms with E-state index in [0.717, 1.165) is 19.5 Å². The fraction of sp³-hybridized carbons (Fsp3) is 0.875. The molecule has 3 nitrogen and oxygen atoms in total. The van der Waals surface area contributed by atoms with E-state index in [1.807, 2.05) is 7.05 Å². The number of hydrogen-bond donors (Lipinski definition) is 1. The lowest BCUT2D eigenvalue weighted by molar-refractivity contribution is -0.124. The van der Waals surface area contributed by atoms with Crippen LogP contribution in [0.25, 0.3) is 0 Å². The Kier molecular flexibility index (Phi) is 3.47. The smallest absolute Gasteiger partial charge is 0.224 e. The number of rotatable bonds is 3. The molecule has 0 aliphatic carbocycles. The topological polar surface area (TPSA) is 32.3 Å². The van der Waals surface area contributed by atoms with Gasteiger partial charge in [0, 0.05) is 13.1 Å². The summed E-state index contributed by atoms with van der Waals surface area (Å²) in [4.78, 5) is 13.4. The van der Waals surface area contributed by atoms with Gasteiger partial charge in [-0.2, -0.15) is 0 Å². The van der Waals surface area contributed by atoms with E-state index in [9.17, 15) is 9.18 Å². The van der Waals surface area contributed by atoms with Gasteiger partial charge in [0.05, 0.1) is 5.92 Å². The van der Waals surface area contributed by atoms with Crippen molar-refractivity contribution < 1.29 is 9.18 Å². The SMILES string of the molecule is CN1CCC(C(=O)NCCF)C1. The van der Waals surface area contributed by atoms with Crippen molar-refractivity contribution >= 4 is 5.91 Å². The van der Waals surface area contributed by atoms with E-state index in [1.54, 1.807) is 0 Å². The minimum Gasteiger partial charge on any atom is -0.353 e. The Bertz CT molecular complexity index is 163. The number of nitrogens with one attached hydrogen (secondary N) is 1. The summed E-state index contributed by atoms with van der Waals surface area (Å²) in [5.41, 5.74) is 0. The molecule has 0 saturated carbocycles. The molecule has 1 aliphatic rings. The number of carbonyl (C=O) groups excluding carboxylic acids is 1. The second-order valence-electron chi connectivity index (χ2n) is 3.23. The van der Waals surface area contributed by atoms with E-state index in [1.165, 1.54) is 0 Å². The lowest BCUT2D eigenvalue weighted by Crippen LogP contribution is -2.33. The summed E-state index contributed by atoms with van der Waals surface area (Å²) >= 11 is 0. The van der Waals surface area contributed by atoms with Gasteiger partial charge in [-0.1, -0.05) is 0 Å². The lowest BCUT2D eigenvalue weighted by atomic mass is 10.1. The Morgan fingerprint density at radius 2 is 2.50 bits per heavy atom. The Balaban J connectivity index is 2.23. The first-order chi connectivity index (χ1) is 5.74. The van der Waals surface area contributed by atoms with Gasteiger partial charge in [-0.15, -0.1) is 0 Å². The van der Waals surface area contributed by atoms with Crippen LogP contribution < -0.4 is 5.32 Å². The summed E-state index contributed by atoms with van der Waals surface area (Å²) in [5.74, 6) is 0.0681. The summed E-state index contributed by atoms with van der Waals surface area (Å²) in [7, 11) is 1.99. The van der Waals surface area contributed by atoms with Crippen molar-refractivity contribution in [3.8, 4) is 0 Å². The lowest BCUT2D eigenvalue weighted by Gasteiger charge is -2.09. The molecule has 0 radical (unpaired) electrons. The molecule has 12 heavy (non-hydrogen) atoms. The molecule has 1 aliphatic heterocycles. The van der Waals surface area contributed by atoms with Crippen LogP contribution in [-0.2, 0) is 4.79 Å². The fourth-order valence-corrected chi connectivity index (χ4v) is 1.46. The average Bonchev–Trinajstić information content (AvgIpc) is 2.47. The minimum absolute atomic E-state index is 0.00278. The molecule has 1 amide bonds. The van der Waals surface area contributed by atoms with Crippen LogP contribution in [0.15, 0.2) is 0 Å². The second-order valence-corrected chi connectivity index (χ2v) is 3.23. The molecule has 0 bridgehead atoms. The summed E-state index contributed by atoms with van der Waals surface area (Å²) in [6.45, 7) is 1.44. The van der Waals surface area contributed by atoms with E-state index in [-0.39, 0.29) is 18.4 Å². The predicted octanol–water partition coefficient (Wildman–Crippen LogP) is 0.0238. The van der Waals surface area contributed by atoms with Gasteiger partial charge in [0.1, 0.15) is 6.67 Å². The van der Waals surface area contributed by atoms with Crippen LogP contribution in [0.5, 0.6) is 0 Å². The molecule has 0 aromatic carbocycles. The molecule has 1 atom stereocenters. The highest BCUT2D eigenvalue weighted by atomic mass is 19.1. The first-order valence-corrected chi connectivity index (χ1v) is 4.26. The van der Waals surface area contributed by atoms with Crippen molar-refractivity contribution in [2.45, 2.75) is 6.42 Å². The molecule has 0 spiro atoms. The summed E-state index contributed by atoms with van der Waals surface area (Å²) in [5, 5.41) is 2.55. The zero-order chi connectivity index (χ0) is 8.97. The first-order valence-electron chi connectivity index (χ1n) is 4.26. The van der Waals surface area contributed by atoms with E-state index >= 15 is 0 Å². The number of alkyl halides is 1. The maximum absolute atomic E-state index is 11.7. The molecule has 1 rings (SSSR count). The maximum Gasteiger partial charge on any atom is 0.224 e. The van der Waals surface area contributed by atoms with Crippen molar-refractivity contribution in [1.29, 1.82) is 0 Å². The molecular weight excluding hydrogens is 159 g/mol. The van der Waals surface area contributed by atoms with Gasteiger partial charge in [-0.3, -0.25) is 4.79 Å². The normalized spacial score (nSPS) is 24.3. The molecule has 70 valence electrons. The molecule has 4 heteroatoms. The summed E-state index contributed by atoms with van der Waals surface area (Å²) in [6.07, 6.45) is 0.897. The maximum atomic E-state index is 11.7. The number of halogens is 1. The zero-order valence-corrected chi connectivity index (χ0v) is 7.35. The van der Waals surface area contributed by atoms with Gasteiger partial charge >= 0.3 is 0 Å². The monoisotopic (exact) mass is 174 g/mol. The Morgan fingerprint density at radius 1 is 1.75 bits per heavy atom. The molecule has 1 fully saturated rings. The van der Waals surface area contributed by atoms with Crippen LogP contribution in [0.3, 0.4) is 0 Å². The van der Waals surface area contributed by atoms with E-state index in [4.69, 9.17) is 0 Å². The number of amides is 1. The van der Waals surface area contributed by atoms with Crippen molar-refractivity contribution in [1.82, 2.24) is 10.2 Å². The largest absolute Gasteiger partial charge is 0.353 e. The molecule has 1 saturated heterocycles. The van der Waals surface area contributed by atoms with E-state index in [2.05, 4.69) is 10.2 Å². The standard InChI is InChI=1S/C8H15FN2O/c1-11-5-2-7(6-11)8(12)10-4-3-9/h7H,2-6H2,1H3,(H,10,12). The molecule has 1 unspecified atom stereocenters. The van der Waals surface area contributed by atoms with Gasteiger partial charge < -0.3 is 10.2 Å². The number of hydrogen-bond acceptors (Lipinski definition) is 2. The summed E-state index contributed by atoms with van der Waals surface area (Å²) < 4.78 is 11.7. The average molecular weight is 174 g/mol. The highest BCUT2D eigenvalue weighted by Gasteiger charge is 2.25. The van der Waals surface area contributed by atoms with Crippen molar-refractivity contribution in [3.05, 3.63) is 0 Å². The van der Waals surface area contributed by atoms with Crippen LogP contribution in [0.1, 0.15) is 6.42 Å².